The second-order valence-electron chi connectivity index (χ2n) is 5.29. The second-order valence-corrected chi connectivity index (χ2v) is 5.29. The number of piperidine rings is 1. The van der Waals surface area contributed by atoms with Crippen LogP contribution >= 0.6 is 0 Å². The van der Waals surface area contributed by atoms with Crippen LogP contribution in [0.2, 0.25) is 0 Å². The van der Waals surface area contributed by atoms with Crippen molar-refractivity contribution in [1.82, 2.24) is 10.2 Å². The highest BCUT2D eigenvalue weighted by atomic mass is 16.5. The summed E-state index contributed by atoms with van der Waals surface area (Å²) in [5, 5.41) is 3.50. The number of rotatable bonds is 8. The molecule has 0 bridgehead atoms. The second kappa shape index (κ2) is 8.90. The predicted octanol–water partition coefficient (Wildman–Crippen LogP) is 2.12. The first-order valence-electron chi connectivity index (χ1n) is 7.21. The van der Waals surface area contributed by atoms with Crippen LogP contribution in [-0.2, 0) is 4.74 Å². The first kappa shape index (κ1) is 14.9. The van der Waals surface area contributed by atoms with Gasteiger partial charge in [-0.2, -0.15) is 0 Å². The van der Waals surface area contributed by atoms with Gasteiger partial charge in [-0.25, -0.2) is 0 Å². The molecule has 0 aromatic heterocycles. The van der Waals surface area contributed by atoms with E-state index in [1.54, 1.807) is 7.11 Å². The maximum atomic E-state index is 5.20. The smallest absolute Gasteiger partial charge is 0.0589 e. The van der Waals surface area contributed by atoms with Crippen LogP contribution in [0.1, 0.15) is 39.5 Å². The van der Waals surface area contributed by atoms with E-state index in [2.05, 4.69) is 24.1 Å². The summed E-state index contributed by atoms with van der Waals surface area (Å²) >= 11 is 0. The summed E-state index contributed by atoms with van der Waals surface area (Å²) in [6.45, 7) is 10.2. The van der Waals surface area contributed by atoms with Crippen molar-refractivity contribution in [2.45, 2.75) is 45.6 Å². The van der Waals surface area contributed by atoms with Crippen LogP contribution in [0.5, 0.6) is 0 Å². The standard InChI is InChI=1S/C14H30N2O/c1-4-13(2)16(10-11-17-3)9-7-14-6-5-8-15-12-14/h13-15H,4-12H2,1-3H3. The Labute approximate surface area is 107 Å². The van der Waals surface area contributed by atoms with Crippen LogP contribution < -0.4 is 5.32 Å². The first-order valence-corrected chi connectivity index (χ1v) is 7.21. The number of ether oxygens (including phenoxy) is 1. The van der Waals surface area contributed by atoms with Crippen molar-refractivity contribution in [3.05, 3.63) is 0 Å². The molecule has 17 heavy (non-hydrogen) atoms. The number of hydrogen-bond acceptors (Lipinski definition) is 3. The fraction of sp³-hybridized carbons (Fsp3) is 1.00. The molecule has 2 unspecified atom stereocenters. The zero-order chi connectivity index (χ0) is 12.5. The topological polar surface area (TPSA) is 24.5 Å². The molecule has 0 radical (unpaired) electrons. The van der Waals surface area contributed by atoms with E-state index in [0.29, 0.717) is 6.04 Å². The average molecular weight is 242 g/mol. The van der Waals surface area contributed by atoms with Gasteiger partial charge in [-0.05, 0) is 58.2 Å². The zero-order valence-corrected chi connectivity index (χ0v) is 11.9. The average Bonchev–Trinajstić information content (AvgIpc) is 2.39. The highest BCUT2D eigenvalue weighted by molar-refractivity contribution is 4.73. The molecule has 1 fully saturated rings. The molecule has 1 heterocycles. The lowest BCUT2D eigenvalue weighted by Gasteiger charge is -2.31. The summed E-state index contributed by atoms with van der Waals surface area (Å²) in [5.74, 6) is 0.887. The fourth-order valence-corrected chi connectivity index (χ4v) is 2.54. The molecule has 1 rings (SSSR count). The highest BCUT2D eigenvalue weighted by Gasteiger charge is 2.16. The molecule has 0 aromatic rings. The molecule has 3 heteroatoms. The SMILES string of the molecule is CCC(C)N(CCOC)CCC1CCCNC1. The van der Waals surface area contributed by atoms with Crippen LogP contribution in [0.25, 0.3) is 0 Å². The van der Waals surface area contributed by atoms with Crippen molar-refractivity contribution in [1.29, 1.82) is 0 Å². The number of nitrogens with zero attached hydrogens (tertiary/aromatic N) is 1. The van der Waals surface area contributed by atoms with Gasteiger partial charge in [-0.3, -0.25) is 4.90 Å². The minimum atomic E-state index is 0.682. The molecule has 0 saturated carbocycles. The Hall–Kier alpha value is -0.120. The van der Waals surface area contributed by atoms with Gasteiger partial charge in [0.05, 0.1) is 6.61 Å². The van der Waals surface area contributed by atoms with Gasteiger partial charge < -0.3 is 10.1 Å². The summed E-state index contributed by atoms with van der Waals surface area (Å²) in [6, 6.07) is 0.682. The Morgan fingerprint density at radius 3 is 2.82 bits per heavy atom. The summed E-state index contributed by atoms with van der Waals surface area (Å²) in [5.41, 5.74) is 0. The van der Waals surface area contributed by atoms with Crippen molar-refractivity contribution in [2.24, 2.45) is 5.92 Å². The Bertz CT molecular complexity index is 181. The van der Waals surface area contributed by atoms with Gasteiger partial charge in [-0.1, -0.05) is 6.92 Å². The van der Waals surface area contributed by atoms with E-state index in [9.17, 15) is 0 Å². The first-order chi connectivity index (χ1) is 8.27. The Morgan fingerprint density at radius 2 is 2.24 bits per heavy atom. The molecule has 0 aliphatic carbocycles. The minimum absolute atomic E-state index is 0.682. The van der Waals surface area contributed by atoms with Gasteiger partial charge in [-0.15, -0.1) is 0 Å². The van der Waals surface area contributed by atoms with E-state index >= 15 is 0 Å². The molecular weight excluding hydrogens is 212 g/mol. The molecule has 2 atom stereocenters. The van der Waals surface area contributed by atoms with Crippen LogP contribution in [0.3, 0.4) is 0 Å². The molecule has 1 aliphatic rings. The van der Waals surface area contributed by atoms with Crippen molar-refractivity contribution < 1.29 is 4.74 Å². The molecule has 1 aliphatic heterocycles. The fourth-order valence-electron chi connectivity index (χ4n) is 2.54. The molecule has 0 amide bonds. The Kier molecular flexibility index (Phi) is 7.82. The highest BCUT2D eigenvalue weighted by Crippen LogP contribution is 2.15. The lowest BCUT2D eigenvalue weighted by molar-refractivity contribution is 0.116. The van der Waals surface area contributed by atoms with E-state index in [0.717, 1.165) is 19.1 Å². The summed E-state index contributed by atoms with van der Waals surface area (Å²) < 4.78 is 5.20. The predicted molar refractivity (Wildman–Crippen MR) is 73.4 cm³/mol. The summed E-state index contributed by atoms with van der Waals surface area (Å²) in [6.07, 6.45) is 5.32. The molecule has 3 nitrogen and oxygen atoms in total. The van der Waals surface area contributed by atoms with Gasteiger partial charge in [0.1, 0.15) is 0 Å². The zero-order valence-electron chi connectivity index (χ0n) is 11.9. The van der Waals surface area contributed by atoms with Gasteiger partial charge >= 0.3 is 0 Å². The van der Waals surface area contributed by atoms with Crippen molar-refractivity contribution in [3.63, 3.8) is 0 Å². The molecule has 1 N–H and O–H groups in total. The van der Waals surface area contributed by atoms with Gasteiger partial charge in [0, 0.05) is 19.7 Å². The van der Waals surface area contributed by atoms with Gasteiger partial charge in [0.2, 0.25) is 0 Å². The normalized spacial score (nSPS) is 22.9. The number of nitrogens with one attached hydrogen (secondary N) is 1. The third-order valence-corrected chi connectivity index (χ3v) is 4.02. The number of methoxy groups -OCH3 is 1. The van der Waals surface area contributed by atoms with E-state index < -0.39 is 0 Å². The molecule has 1 saturated heterocycles. The lowest BCUT2D eigenvalue weighted by atomic mass is 9.96. The molecule has 0 spiro atoms. The van der Waals surface area contributed by atoms with Crippen LogP contribution in [0.15, 0.2) is 0 Å². The van der Waals surface area contributed by atoms with Crippen molar-refractivity contribution >= 4 is 0 Å². The van der Waals surface area contributed by atoms with E-state index in [4.69, 9.17) is 4.74 Å². The maximum absolute atomic E-state index is 5.20. The lowest BCUT2D eigenvalue weighted by Crippen LogP contribution is -2.38. The summed E-state index contributed by atoms with van der Waals surface area (Å²) in [4.78, 5) is 2.58. The Morgan fingerprint density at radius 1 is 1.41 bits per heavy atom. The molecular formula is C14H30N2O. The quantitative estimate of drug-likeness (QED) is 0.705. The van der Waals surface area contributed by atoms with Gasteiger partial charge in [0.15, 0.2) is 0 Å². The molecule has 0 aromatic carbocycles. The van der Waals surface area contributed by atoms with Crippen molar-refractivity contribution in [3.8, 4) is 0 Å². The third kappa shape index (κ3) is 5.84. The van der Waals surface area contributed by atoms with Crippen LogP contribution in [-0.4, -0.2) is 50.8 Å². The van der Waals surface area contributed by atoms with E-state index in [1.165, 1.54) is 45.3 Å². The Balaban J connectivity index is 2.26. The largest absolute Gasteiger partial charge is 0.383 e. The maximum Gasteiger partial charge on any atom is 0.0589 e. The van der Waals surface area contributed by atoms with Crippen molar-refractivity contribution in [2.75, 3.05) is 39.9 Å². The molecule has 102 valence electrons. The van der Waals surface area contributed by atoms with Crippen LogP contribution in [0.4, 0.5) is 0 Å². The monoisotopic (exact) mass is 242 g/mol. The van der Waals surface area contributed by atoms with Crippen LogP contribution in [0, 0.1) is 5.92 Å². The number of hydrogen-bond donors (Lipinski definition) is 1. The third-order valence-electron chi connectivity index (χ3n) is 4.02. The minimum Gasteiger partial charge on any atom is -0.383 e. The van der Waals surface area contributed by atoms with E-state index in [1.807, 2.05) is 0 Å². The van der Waals surface area contributed by atoms with Gasteiger partial charge in [0.25, 0.3) is 0 Å². The van der Waals surface area contributed by atoms with E-state index in [-0.39, 0.29) is 0 Å². The summed E-state index contributed by atoms with van der Waals surface area (Å²) in [7, 11) is 1.79.